The lowest BCUT2D eigenvalue weighted by Crippen LogP contribution is -2.36. The summed E-state index contributed by atoms with van der Waals surface area (Å²) in [6.07, 6.45) is 1.33. The van der Waals surface area contributed by atoms with Gasteiger partial charge in [0.2, 0.25) is 0 Å². The number of carbonyl (C=O) groups is 3. The summed E-state index contributed by atoms with van der Waals surface area (Å²) in [6.45, 7) is 2.42. The minimum Gasteiger partial charge on any atom is -0.493 e. The van der Waals surface area contributed by atoms with Crippen LogP contribution in [-0.2, 0) is 20.7 Å². The number of rotatable bonds is 8. The molecule has 0 aliphatic carbocycles. The Balaban J connectivity index is 1.73. The third-order valence-corrected chi connectivity index (χ3v) is 6.49. The number of amides is 2. The van der Waals surface area contributed by atoms with E-state index in [4.69, 9.17) is 14.6 Å². The molecule has 1 N–H and O–H groups in total. The number of ether oxygens (including phenoxy) is 3. The Morgan fingerprint density at radius 3 is 2.38 bits per heavy atom. The Kier molecular flexibility index (Phi) is 8.53. The second kappa shape index (κ2) is 11.6. The van der Waals surface area contributed by atoms with Gasteiger partial charge < -0.3 is 19.5 Å². The maximum atomic E-state index is 12.7. The number of carbonyl (C=O) groups excluding carboxylic acids is 3. The second-order valence-corrected chi connectivity index (χ2v) is 8.51. The van der Waals surface area contributed by atoms with Gasteiger partial charge in [-0.3, -0.25) is 9.59 Å². The van der Waals surface area contributed by atoms with Crippen molar-refractivity contribution in [3.8, 4) is 11.5 Å². The van der Waals surface area contributed by atoms with Gasteiger partial charge in [0.1, 0.15) is 0 Å². The van der Waals surface area contributed by atoms with Crippen LogP contribution in [0.1, 0.15) is 24.5 Å². The molecule has 1 atom stereocenters. The average Bonchev–Trinajstić information content (AvgIpc) is 2.87. The predicted molar refractivity (Wildman–Crippen MR) is 131 cm³/mol. The number of anilines is 1. The van der Waals surface area contributed by atoms with Gasteiger partial charge in [-0.1, -0.05) is 30.8 Å². The van der Waals surface area contributed by atoms with Gasteiger partial charge in [-0.15, -0.1) is 0 Å². The highest BCUT2D eigenvalue weighted by molar-refractivity contribution is 8.14. The molecule has 0 aromatic heterocycles. The number of benzene rings is 2. The molecule has 180 valence electrons. The third-order valence-electron chi connectivity index (χ3n) is 5.23. The van der Waals surface area contributed by atoms with E-state index in [1.54, 1.807) is 26.4 Å². The topological polar surface area (TPSA) is 107 Å². The predicted octanol–water partition coefficient (Wildman–Crippen LogP) is 3.71. The van der Waals surface area contributed by atoms with Crippen molar-refractivity contribution in [2.24, 2.45) is 5.10 Å². The Morgan fingerprint density at radius 1 is 1.06 bits per heavy atom. The molecule has 0 saturated heterocycles. The summed E-state index contributed by atoms with van der Waals surface area (Å²) in [5.41, 5.74) is 3.12. The van der Waals surface area contributed by atoms with E-state index in [-0.39, 0.29) is 10.5 Å². The SMILES string of the molecule is CCC1SC(=O)N(CCc2ccc(NC(=O)C(=O)OC)cc2)N=C1c1ccc(OC)c(OC)c1. The molecule has 2 aromatic rings. The van der Waals surface area contributed by atoms with Crippen molar-refractivity contribution in [2.75, 3.05) is 33.2 Å². The number of esters is 1. The number of hydrazone groups is 1. The second-order valence-electron chi connectivity index (χ2n) is 7.35. The van der Waals surface area contributed by atoms with Gasteiger partial charge >= 0.3 is 17.1 Å². The van der Waals surface area contributed by atoms with Crippen LogP contribution < -0.4 is 14.8 Å². The molecule has 0 radical (unpaired) electrons. The highest BCUT2D eigenvalue weighted by Crippen LogP contribution is 2.33. The van der Waals surface area contributed by atoms with Crippen LogP contribution in [0.4, 0.5) is 10.5 Å². The third kappa shape index (κ3) is 5.88. The van der Waals surface area contributed by atoms with E-state index >= 15 is 0 Å². The van der Waals surface area contributed by atoms with Crippen molar-refractivity contribution in [1.82, 2.24) is 5.01 Å². The molecule has 3 rings (SSSR count). The summed E-state index contributed by atoms with van der Waals surface area (Å²) in [7, 11) is 4.31. The highest BCUT2D eigenvalue weighted by atomic mass is 32.2. The average molecular weight is 486 g/mol. The molecular formula is C24H27N3O6S. The molecule has 1 heterocycles. The van der Waals surface area contributed by atoms with Gasteiger partial charge in [0.15, 0.2) is 11.5 Å². The van der Waals surface area contributed by atoms with Crippen molar-refractivity contribution in [3.05, 3.63) is 53.6 Å². The number of hydrogen-bond acceptors (Lipinski definition) is 8. The summed E-state index contributed by atoms with van der Waals surface area (Å²) < 4.78 is 15.1. The fraction of sp³-hybridized carbons (Fsp3) is 0.333. The Hall–Kier alpha value is -3.53. The largest absolute Gasteiger partial charge is 0.493 e. The van der Waals surface area contributed by atoms with Crippen LogP contribution in [0, 0.1) is 0 Å². The molecule has 0 fully saturated rings. The van der Waals surface area contributed by atoms with Crippen LogP contribution in [0.5, 0.6) is 11.5 Å². The minimum absolute atomic E-state index is 0.0560. The maximum Gasteiger partial charge on any atom is 0.396 e. The van der Waals surface area contributed by atoms with E-state index in [1.165, 1.54) is 16.8 Å². The van der Waals surface area contributed by atoms with Crippen LogP contribution >= 0.6 is 11.8 Å². The van der Waals surface area contributed by atoms with Crippen molar-refractivity contribution < 1.29 is 28.6 Å². The molecule has 2 aromatic carbocycles. The summed E-state index contributed by atoms with van der Waals surface area (Å²) in [6, 6.07) is 12.6. The van der Waals surface area contributed by atoms with E-state index in [1.807, 2.05) is 37.3 Å². The molecule has 34 heavy (non-hydrogen) atoms. The van der Waals surface area contributed by atoms with Crippen LogP contribution in [0.2, 0.25) is 0 Å². The van der Waals surface area contributed by atoms with Gasteiger partial charge in [0.25, 0.3) is 0 Å². The zero-order chi connectivity index (χ0) is 24.7. The molecule has 0 bridgehead atoms. The monoisotopic (exact) mass is 485 g/mol. The molecular weight excluding hydrogens is 458 g/mol. The minimum atomic E-state index is -0.960. The first-order chi connectivity index (χ1) is 16.4. The Bertz CT molecular complexity index is 1090. The standard InChI is InChI=1S/C24H27N3O6S/c1-5-20-21(16-8-11-18(31-2)19(14-16)32-3)26-27(24(30)34-20)13-12-15-6-9-17(10-7-15)25-22(28)23(29)33-4/h6-11,14,20H,5,12-13H2,1-4H3,(H,25,28). The first kappa shape index (κ1) is 25.1. The molecule has 1 unspecified atom stereocenters. The molecule has 1 aliphatic rings. The van der Waals surface area contributed by atoms with E-state index in [0.717, 1.165) is 30.4 Å². The number of methoxy groups -OCH3 is 3. The summed E-state index contributed by atoms with van der Waals surface area (Å²) in [4.78, 5) is 35.5. The fourth-order valence-electron chi connectivity index (χ4n) is 3.40. The van der Waals surface area contributed by atoms with Crippen molar-refractivity contribution in [3.63, 3.8) is 0 Å². The normalized spacial score (nSPS) is 15.4. The first-order valence-electron chi connectivity index (χ1n) is 10.7. The van der Waals surface area contributed by atoms with Crippen molar-refractivity contribution in [1.29, 1.82) is 0 Å². The Morgan fingerprint density at radius 2 is 1.76 bits per heavy atom. The zero-order valence-electron chi connectivity index (χ0n) is 19.5. The molecule has 1 aliphatic heterocycles. The van der Waals surface area contributed by atoms with Gasteiger partial charge in [0, 0.05) is 17.8 Å². The quantitative estimate of drug-likeness (QED) is 0.449. The fourth-order valence-corrected chi connectivity index (χ4v) is 4.35. The zero-order valence-corrected chi connectivity index (χ0v) is 20.3. The van der Waals surface area contributed by atoms with Gasteiger partial charge in [0.05, 0.1) is 32.3 Å². The van der Waals surface area contributed by atoms with Gasteiger partial charge in [-0.05, 0) is 48.7 Å². The lowest BCUT2D eigenvalue weighted by molar-refractivity contribution is -0.150. The molecule has 10 heteroatoms. The summed E-state index contributed by atoms with van der Waals surface area (Å²) in [5.74, 6) is -0.569. The van der Waals surface area contributed by atoms with Gasteiger partial charge in [-0.2, -0.15) is 5.10 Å². The lowest BCUT2D eigenvalue weighted by Gasteiger charge is -2.28. The Labute approximate surface area is 202 Å². The molecule has 0 saturated carbocycles. The van der Waals surface area contributed by atoms with E-state index in [0.29, 0.717) is 30.2 Å². The van der Waals surface area contributed by atoms with E-state index < -0.39 is 11.9 Å². The van der Waals surface area contributed by atoms with Crippen LogP contribution in [0.15, 0.2) is 47.6 Å². The number of thioether (sulfide) groups is 1. The van der Waals surface area contributed by atoms with E-state index in [2.05, 4.69) is 10.1 Å². The summed E-state index contributed by atoms with van der Waals surface area (Å²) >= 11 is 1.26. The number of hydrogen-bond donors (Lipinski definition) is 1. The maximum absolute atomic E-state index is 12.7. The van der Waals surface area contributed by atoms with Crippen LogP contribution in [0.3, 0.4) is 0 Å². The smallest absolute Gasteiger partial charge is 0.396 e. The molecule has 0 spiro atoms. The van der Waals surface area contributed by atoms with E-state index in [9.17, 15) is 14.4 Å². The van der Waals surface area contributed by atoms with Crippen LogP contribution in [-0.4, -0.2) is 61.0 Å². The summed E-state index contributed by atoms with van der Waals surface area (Å²) in [5, 5.41) is 8.48. The lowest BCUT2D eigenvalue weighted by atomic mass is 10.0. The van der Waals surface area contributed by atoms with Crippen molar-refractivity contribution in [2.45, 2.75) is 25.0 Å². The van der Waals surface area contributed by atoms with Gasteiger partial charge in [-0.25, -0.2) is 9.80 Å². The highest BCUT2D eigenvalue weighted by Gasteiger charge is 2.30. The first-order valence-corrected chi connectivity index (χ1v) is 11.5. The number of nitrogens with one attached hydrogen (secondary N) is 1. The van der Waals surface area contributed by atoms with Crippen molar-refractivity contribution >= 4 is 40.3 Å². The number of nitrogens with zero attached hydrogens (tertiary/aromatic N) is 2. The molecule has 2 amide bonds. The van der Waals surface area contributed by atoms with Crippen LogP contribution in [0.25, 0.3) is 0 Å². The molecule has 9 nitrogen and oxygen atoms in total.